The number of fused-ring (bicyclic) bond motifs is 1. The molecule has 120 valence electrons. The molecule has 0 aliphatic carbocycles. The molecule has 22 heavy (non-hydrogen) atoms. The summed E-state index contributed by atoms with van der Waals surface area (Å²) < 4.78 is 5.69. The van der Waals surface area contributed by atoms with Crippen LogP contribution in [0.2, 0.25) is 0 Å². The fraction of sp³-hybridized carbons (Fsp3) is 0.588. The molecule has 5 heteroatoms. The number of nitrogens with one attached hydrogen (secondary N) is 2. The second-order valence-electron chi connectivity index (χ2n) is 6.44. The van der Waals surface area contributed by atoms with E-state index in [1.54, 1.807) is 0 Å². The first kappa shape index (κ1) is 15.3. The van der Waals surface area contributed by atoms with Gasteiger partial charge in [-0.3, -0.25) is 4.90 Å². The van der Waals surface area contributed by atoms with Crippen LogP contribution in [0.3, 0.4) is 0 Å². The first-order chi connectivity index (χ1) is 10.6. The molecule has 5 nitrogen and oxygen atoms in total. The number of benzene rings is 1. The first-order valence-electron chi connectivity index (χ1n) is 8.06. The minimum Gasteiger partial charge on any atom is -0.376 e. The maximum absolute atomic E-state index is 12.1. The number of morpholine rings is 1. The molecule has 2 aliphatic rings. The van der Waals surface area contributed by atoms with E-state index in [4.69, 9.17) is 4.74 Å². The lowest BCUT2D eigenvalue weighted by Gasteiger charge is -2.33. The van der Waals surface area contributed by atoms with Gasteiger partial charge in [-0.15, -0.1) is 0 Å². The van der Waals surface area contributed by atoms with Gasteiger partial charge in [0.2, 0.25) is 0 Å². The van der Waals surface area contributed by atoms with Gasteiger partial charge in [0, 0.05) is 31.7 Å². The van der Waals surface area contributed by atoms with Crippen LogP contribution in [-0.2, 0) is 11.3 Å². The molecule has 3 rings (SSSR count). The molecular weight excluding hydrogens is 278 g/mol. The molecule has 2 N–H and O–H groups in total. The predicted molar refractivity (Wildman–Crippen MR) is 85.7 cm³/mol. The van der Waals surface area contributed by atoms with Gasteiger partial charge in [-0.05, 0) is 31.4 Å². The van der Waals surface area contributed by atoms with Crippen LogP contribution in [0.25, 0.3) is 0 Å². The van der Waals surface area contributed by atoms with Crippen molar-refractivity contribution < 1.29 is 9.53 Å². The van der Waals surface area contributed by atoms with Gasteiger partial charge in [0.05, 0.1) is 12.7 Å². The van der Waals surface area contributed by atoms with Gasteiger partial charge in [-0.2, -0.15) is 0 Å². The van der Waals surface area contributed by atoms with E-state index in [0.717, 1.165) is 31.7 Å². The number of hydrogen-bond donors (Lipinski definition) is 2. The molecule has 2 saturated heterocycles. The van der Waals surface area contributed by atoms with E-state index in [0.29, 0.717) is 18.7 Å². The molecule has 1 aromatic carbocycles. The summed E-state index contributed by atoms with van der Waals surface area (Å²) in [6, 6.07) is 8.71. The number of urea groups is 1. The summed E-state index contributed by atoms with van der Waals surface area (Å²) in [4.78, 5) is 14.5. The van der Waals surface area contributed by atoms with Gasteiger partial charge in [-0.1, -0.05) is 24.3 Å². The molecule has 0 aromatic heterocycles. The van der Waals surface area contributed by atoms with Crippen molar-refractivity contribution in [1.82, 2.24) is 15.5 Å². The smallest absolute Gasteiger partial charge is 0.315 e. The van der Waals surface area contributed by atoms with Gasteiger partial charge < -0.3 is 15.4 Å². The average molecular weight is 303 g/mol. The van der Waals surface area contributed by atoms with Crippen LogP contribution in [0, 0.1) is 6.92 Å². The predicted octanol–water partition coefficient (Wildman–Crippen LogP) is 1.66. The van der Waals surface area contributed by atoms with Crippen LogP contribution in [0.4, 0.5) is 4.79 Å². The number of carbonyl (C=O) groups is 1. The van der Waals surface area contributed by atoms with Gasteiger partial charge >= 0.3 is 6.03 Å². The van der Waals surface area contributed by atoms with Crippen LogP contribution in [-0.4, -0.2) is 48.8 Å². The topological polar surface area (TPSA) is 53.6 Å². The van der Waals surface area contributed by atoms with Gasteiger partial charge in [0.25, 0.3) is 0 Å². The highest BCUT2D eigenvalue weighted by molar-refractivity contribution is 5.74. The van der Waals surface area contributed by atoms with E-state index < -0.39 is 0 Å². The fourth-order valence-corrected chi connectivity index (χ4v) is 3.36. The number of amides is 2. The molecule has 2 heterocycles. The molecule has 0 radical (unpaired) electrons. The molecule has 0 bridgehead atoms. The van der Waals surface area contributed by atoms with E-state index >= 15 is 0 Å². The third-order valence-electron chi connectivity index (χ3n) is 4.63. The average Bonchev–Trinajstić information content (AvgIpc) is 2.87. The third kappa shape index (κ3) is 3.59. The minimum atomic E-state index is -0.0814. The van der Waals surface area contributed by atoms with E-state index in [9.17, 15) is 4.79 Å². The maximum Gasteiger partial charge on any atom is 0.315 e. The van der Waals surface area contributed by atoms with Crippen molar-refractivity contribution in [3.63, 3.8) is 0 Å². The van der Waals surface area contributed by atoms with Crippen LogP contribution in [0.1, 0.15) is 24.5 Å². The normalized spacial score (nSPS) is 28.2. The summed E-state index contributed by atoms with van der Waals surface area (Å²) in [7, 11) is 0. The van der Waals surface area contributed by atoms with E-state index in [1.807, 2.05) is 18.2 Å². The molecule has 0 spiro atoms. The highest BCUT2D eigenvalue weighted by Gasteiger charge is 2.36. The Hall–Kier alpha value is -1.59. The van der Waals surface area contributed by atoms with Crippen molar-refractivity contribution in [2.24, 2.45) is 0 Å². The zero-order valence-electron chi connectivity index (χ0n) is 13.3. The summed E-state index contributed by atoms with van der Waals surface area (Å²) in [5.41, 5.74) is 2.36. The van der Waals surface area contributed by atoms with Crippen LogP contribution in [0.5, 0.6) is 0 Å². The molecule has 0 unspecified atom stereocenters. The lowest BCUT2D eigenvalue weighted by Crippen LogP contribution is -2.46. The summed E-state index contributed by atoms with van der Waals surface area (Å²) >= 11 is 0. The Balaban J connectivity index is 1.46. The maximum atomic E-state index is 12.1. The van der Waals surface area contributed by atoms with E-state index in [1.165, 1.54) is 5.56 Å². The van der Waals surface area contributed by atoms with Crippen molar-refractivity contribution >= 4 is 6.03 Å². The van der Waals surface area contributed by atoms with Crippen molar-refractivity contribution in [2.45, 2.75) is 45.0 Å². The number of hydrogen-bond acceptors (Lipinski definition) is 3. The van der Waals surface area contributed by atoms with Crippen molar-refractivity contribution in [3.05, 3.63) is 35.4 Å². The first-order valence-corrected chi connectivity index (χ1v) is 8.06. The summed E-state index contributed by atoms with van der Waals surface area (Å²) in [5, 5.41) is 6.05. The minimum absolute atomic E-state index is 0.0814. The van der Waals surface area contributed by atoms with Crippen LogP contribution in [0.15, 0.2) is 24.3 Å². The number of ether oxygens (including phenoxy) is 1. The molecule has 1 aromatic rings. The molecule has 2 amide bonds. The SMILES string of the molecule is Cc1ccccc1CNC(=O)N[C@H]1C[C@H]2CO[C@@H](C)CN2C1. The monoisotopic (exact) mass is 303 g/mol. The Bertz CT molecular complexity index is 534. The largest absolute Gasteiger partial charge is 0.376 e. The molecule has 0 saturated carbocycles. The third-order valence-corrected chi connectivity index (χ3v) is 4.63. The Labute approximate surface area is 132 Å². The van der Waals surface area contributed by atoms with Crippen molar-refractivity contribution in [2.75, 3.05) is 19.7 Å². The zero-order valence-corrected chi connectivity index (χ0v) is 13.3. The Kier molecular flexibility index (Phi) is 4.64. The standard InChI is InChI=1S/C17H25N3O2/c1-12-5-3-4-6-14(12)8-18-17(21)19-15-7-16-11-22-13(2)9-20(16)10-15/h3-6,13,15-16H,7-11H2,1-2H3,(H2,18,19,21)/t13-,15-,16-/m0/s1. The Morgan fingerprint density at radius 1 is 1.36 bits per heavy atom. The lowest BCUT2D eigenvalue weighted by molar-refractivity contribution is -0.0390. The lowest BCUT2D eigenvalue weighted by atomic mass is 10.1. The Morgan fingerprint density at radius 3 is 3.00 bits per heavy atom. The van der Waals surface area contributed by atoms with E-state index in [2.05, 4.69) is 35.4 Å². The Morgan fingerprint density at radius 2 is 2.18 bits per heavy atom. The van der Waals surface area contributed by atoms with Crippen molar-refractivity contribution in [3.8, 4) is 0 Å². The summed E-state index contributed by atoms with van der Waals surface area (Å²) in [6.07, 6.45) is 1.27. The van der Waals surface area contributed by atoms with E-state index in [-0.39, 0.29) is 12.1 Å². The quantitative estimate of drug-likeness (QED) is 0.893. The van der Waals surface area contributed by atoms with Gasteiger partial charge in [0.1, 0.15) is 0 Å². The summed E-state index contributed by atoms with van der Waals surface area (Å²) in [6.45, 7) is 7.41. The number of carbonyl (C=O) groups excluding carboxylic acids is 1. The number of nitrogens with zero attached hydrogens (tertiary/aromatic N) is 1. The molecular formula is C17H25N3O2. The van der Waals surface area contributed by atoms with Gasteiger partial charge in [-0.25, -0.2) is 4.79 Å². The summed E-state index contributed by atoms with van der Waals surface area (Å²) in [5.74, 6) is 0. The molecule has 3 atom stereocenters. The van der Waals surface area contributed by atoms with Crippen LogP contribution >= 0.6 is 0 Å². The second kappa shape index (κ2) is 6.67. The highest BCUT2D eigenvalue weighted by atomic mass is 16.5. The fourth-order valence-electron chi connectivity index (χ4n) is 3.36. The van der Waals surface area contributed by atoms with Crippen molar-refractivity contribution in [1.29, 1.82) is 0 Å². The highest BCUT2D eigenvalue weighted by Crippen LogP contribution is 2.23. The van der Waals surface area contributed by atoms with Crippen LogP contribution < -0.4 is 10.6 Å². The molecule has 2 aliphatic heterocycles. The number of rotatable bonds is 3. The van der Waals surface area contributed by atoms with Gasteiger partial charge in [0.15, 0.2) is 0 Å². The molecule has 2 fully saturated rings. The number of aryl methyl sites for hydroxylation is 1. The second-order valence-corrected chi connectivity index (χ2v) is 6.44. The zero-order chi connectivity index (χ0) is 15.5.